The monoisotopic (exact) mass is 342 g/mol. The zero-order valence-corrected chi connectivity index (χ0v) is 13.6. The zero-order chi connectivity index (χ0) is 17.8. The highest BCUT2D eigenvalue weighted by Crippen LogP contribution is 2.32. The van der Waals surface area contributed by atoms with E-state index in [0.717, 1.165) is 31.2 Å². The lowest BCUT2D eigenvalue weighted by molar-refractivity contribution is 0.0693. The Hall–Kier alpha value is -2.82. The van der Waals surface area contributed by atoms with Crippen LogP contribution < -0.4 is 4.74 Å². The lowest BCUT2D eigenvalue weighted by Crippen LogP contribution is -2.11. The molecular formula is C20H19FO4. The van der Waals surface area contributed by atoms with E-state index in [1.807, 2.05) is 0 Å². The van der Waals surface area contributed by atoms with E-state index < -0.39 is 5.97 Å². The summed E-state index contributed by atoms with van der Waals surface area (Å²) >= 11 is 0. The van der Waals surface area contributed by atoms with Crippen LogP contribution in [-0.4, -0.2) is 22.3 Å². The van der Waals surface area contributed by atoms with Gasteiger partial charge in [0.2, 0.25) is 0 Å². The number of carbonyl (C=O) groups is 1. The summed E-state index contributed by atoms with van der Waals surface area (Å²) in [4.78, 5) is 11.5. The minimum absolute atomic E-state index is 0.101. The molecule has 0 radical (unpaired) electrons. The van der Waals surface area contributed by atoms with Gasteiger partial charge in [0.1, 0.15) is 22.9 Å². The molecule has 0 aromatic heterocycles. The summed E-state index contributed by atoms with van der Waals surface area (Å²) in [5.74, 6) is -1.44. The SMILES string of the molecule is O=C(O)c1c(O)cc(OC2CCCC2)cc1C=Cc1ccc(F)cc1. The van der Waals surface area contributed by atoms with Gasteiger partial charge in [-0.15, -0.1) is 0 Å². The molecule has 1 aliphatic rings. The maximum absolute atomic E-state index is 13.0. The van der Waals surface area contributed by atoms with Crippen molar-refractivity contribution in [2.45, 2.75) is 31.8 Å². The zero-order valence-electron chi connectivity index (χ0n) is 13.6. The van der Waals surface area contributed by atoms with Crippen LogP contribution in [0.3, 0.4) is 0 Å². The molecule has 1 aliphatic carbocycles. The number of carboxylic acid groups (broad SMARTS) is 1. The number of hydrogen-bond donors (Lipinski definition) is 2. The number of aromatic carboxylic acids is 1. The van der Waals surface area contributed by atoms with Crippen molar-refractivity contribution in [3.63, 3.8) is 0 Å². The van der Waals surface area contributed by atoms with Crippen LogP contribution in [0.2, 0.25) is 0 Å². The number of hydrogen-bond acceptors (Lipinski definition) is 3. The summed E-state index contributed by atoms with van der Waals surface area (Å²) in [7, 11) is 0. The Bertz CT molecular complexity index is 790. The first-order chi connectivity index (χ1) is 12.0. The first-order valence-corrected chi connectivity index (χ1v) is 8.23. The Morgan fingerprint density at radius 3 is 2.44 bits per heavy atom. The highest BCUT2D eigenvalue weighted by molar-refractivity contribution is 5.96. The molecule has 0 heterocycles. The van der Waals surface area contributed by atoms with Gasteiger partial charge in [-0.2, -0.15) is 0 Å². The Morgan fingerprint density at radius 1 is 1.12 bits per heavy atom. The van der Waals surface area contributed by atoms with Gasteiger partial charge in [-0.1, -0.05) is 24.3 Å². The normalized spacial score (nSPS) is 14.9. The fourth-order valence-electron chi connectivity index (χ4n) is 3.01. The molecule has 5 heteroatoms. The van der Waals surface area contributed by atoms with Gasteiger partial charge in [0, 0.05) is 6.07 Å². The molecule has 0 spiro atoms. The van der Waals surface area contributed by atoms with Gasteiger partial charge in [-0.3, -0.25) is 0 Å². The second kappa shape index (κ2) is 7.38. The van der Waals surface area contributed by atoms with E-state index in [0.29, 0.717) is 11.3 Å². The highest BCUT2D eigenvalue weighted by atomic mass is 19.1. The Morgan fingerprint density at radius 2 is 1.80 bits per heavy atom. The predicted molar refractivity (Wildman–Crippen MR) is 93.3 cm³/mol. The van der Waals surface area contributed by atoms with Crippen molar-refractivity contribution in [3.8, 4) is 11.5 Å². The molecule has 2 aromatic carbocycles. The summed E-state index contributed by atoms with van der Waals surface area (Å²) < 4.78 is 18.8. The van der Waals surface area contributed by atoms with Crippen molar-refractivity contribution < 1.29 is 24.1 Å². The molecule has 0 saturated heterocycles. The first-order valence-electron chi connectivity index (χ1n) is 8.23. The third kappa shape index (κ3) is 4.18. The molecule has 4 nitrogen and oxygen atoms in total. The van der Waals surface area contributed by atoms with E-state index in [1.54, 1.807) is 30.4 Å². The van der Waals surface area contributed by atoms with Crippen LogP contribution in [0.5, 0.6) is 11.5 Å². The summed E-state index contributed by atoms with van der Waals surface area (Å²) in [5, 5.41) is 19.5. The van der Waals surface area contributed by atoms with Crippen molar-refractivity contribution in [1.82, 2.24) is 0 Å². The van der Waals surface area contributed by atoms with Crippen LogP contribution in [0.15, 0.2) is 36.4 Å². The van der Waals surface area contributed by atoms with Crippen molar-refractivity contribution in [2.75, 3.05) is 0 Å². The number of benzene rings is 2. The van der Waals surface area contributed by atoms with Gasteiger partial charge >= 0.3 is 5.97 Å². The molecule has 2 N–H and O–H groups in total. The molecular weight excluding hydrogens is 323 g/mol. The molecule has 0 bridgehead atoms. The molecule has 25 heavy (non-hydrogen) atoms. The molecule has 1 fully saturated rings. The maximum atomic E-state index is 13.0. The van der Waals surface area contributed by atoms with Gasteiger partial charge in [0.15, 0.2) is 0 Å². The van der Waals surface area contributed by atoms with Gasteiger partial charge < -0.3 is 14.9 Å². The van der Waals surface area contributed by atoms with Crippen LogP contribution >= 0.6 is 0 Å². The minimum Gasteiger partial charge on any atom is -0.507 e. The van der Waals surface area contributed by atoms with Crippen molar-refractivity contribution in [1.29, 1.82) is 0 Å². The average Bonchev–Trinajstić information content (AvgIpc) is 3.06. The first kappa shape index (κ1) is 17.0. The van der Waals surface area contributed by atoms with E-state index >= 15 is 0 Å². The fourth-order valence-corrected chi connectivity index (χ4v) is 3.01. The van der Waals surface area contributed by atoms with Crippen molar-refractivity contribution in [3.05, 3.63) is 58.9 Å². The fraction of sp³-hybridized carbons (Fsp3) is 0.250. The number of carboxylic acids is 1. The highest BCUT2D eigenvalue weighted by Gasteiger charge is 2.20. The summed E-state index contributed by atoms with van der Waals surface area (Å²) in [5.41, 5.74) is 0.876. The number of ether oxygens (including phenoxy) is 1. The summed E-state index contributed by atoms with van der Waals surface area (Å²) in [6.45, 7) is 0. The lowest BCUT2D eigenvalue weighted by atomic mass is 10.0. The number of aromatic hydroxyl groups is 1. The second-order valence-corrected chi connectivity index (χ2v) is 6.12. The third-order valence-electron chi connectivity index (χ3n) is 4.27. The summed E-state index contributed by atoms with van der Waals surface area (Å²) in [6.07, 6.45) is 7.49. The molecule has 3 rings (SSSR count). The predicted octanol–water partition coefficient (Wildman–Crippen LogP) is 4.72. The van der Waals surface area contributed by atoms with E-state index in [-0.39, 0.29) is 23.2 Å². The van der Waals surface area contributed by atoms with E-state index in [1.165, 1.54) is 18.2 Å². The van der Waals surface area contributed by atoms with E-state index in [9.17, 15) is 19.4 Å². The molecule has 0 atom stereocenters. The maximum Gasteiger partial charge on any atom is 0.340 e. The molecule has 130 valence electrons. The van der Waals surface area contributed by atoms with Crippen LogP contribution in [0.1, 0.15) is 47.2 Å². The van der Waals surface area contributed by atoms with Gasteiger partial charge in [-0.05, 0) is 55.0 Å². The number of phenols is 1. The minimum atomic E-state index is -1.22. The topological polar surface area (TPSA) is 66.8 Å². The average molecular weight is 342 g/mol. The van der Waals surface area contributed by atoms with Gasteiger partial charge in [0.25, 0.3) is 0 Å². The third-order valence-corrected chi connectivity index (χ3v) is 4.27. The largest absolute Gasteiger partial charge is 0.507 e. The summed E-state index contributed by atoms with van der Waals surface area (Å²) in [6, 6.07) is 8.79. The molecule has 1 saturated carbocycles. The number of rotatable bonds is 5. The number of halogens is 1. The van der Waals surface area contributed by atoms with Crippen LogP contribution in [-0.2, 0) is 0 Å². The van der Waals surface area contributed by atoms with Gasteiger partial charge in [0.05, 0.1) is 6.10 Å². The van der Waals surface area contributed by atoms with Crippen molar-refractivity contribution >= 4 is 18.1 Å². The van der Waals surface area contributed by atoms with Crippen LogP contribution in [0.4, 0.5) is 4.39 Å². The molecule has 0 amide bonds. The molecule has 0 aliphatic heterocycles. The van der Waals surface area contributed by atoms with E-state index in [4.69, 9.17) is 4.74 Å². The van der Waals surface area contributed by atoms with Crippen LogP contribution in [0.25, 0.3) is 12.2 Å². The van der Waals surface area contributed by atoms with E-state index in [2.05, 4.69) is 0 Å². The Balaban J connectivity index is 1.92. The van der Waals surface area contributed by atoms with Gasteiger partial charge in [-0.25, -0.2) is 9.18 Å². The smallest absolute Gasteiger partial charge is 0.340 e. The standard InChI is InChI=1S/C20H19FO4/c21-15-9-6-13(7-10-15)5-8-14-11-17(25-16-3-1-2-4-16)12-18(22)19(14)20(23)24/h5-12,16,22H,1-4H2,(H,23,24). The second-order valence-electron chi connectivity index (χ2n) is 6.12. The Kier molecular flexibility index (Phi) is 5.03. The van der Waals surface area contributed by atoms with Crippen LogP contribution in [0, 0.1) is 5.82 Å². The lowest BCUT2D eigenvalue weighted by Gasteiger charge is -2.15. The Labute approximate surface area is 145 Å². The molecule has 2 aromatic rings. The molecule has 0 unspecified atom stereocenters. The quantitative estimate of drug-likeness (QED) is 0.772. The van der Waals surface area contributed by atoms with Crippen molar-refractivity contribution in [2.24, 2.45) is 0 Å².